The van der Waals surface area contributed by atoms with E-state index in [-0.39, 0.29) is 0 Å². The summed E-state index contributed by atoms with van der Waals surface area (Å²) in [5.74, 6) is 0.922. The lowest BCUT2D eigenvalue weighted by Crippen LogP contribution is -2.20. The predicted molar refractivity (Wildman–Crippen MR) is 73.7 cm³/mol. The molecule has 0 fully saturated rings. The van der Waals surface area contributed by atoms with Crippen molar-refractivity contribution >= 4 is 0 Å². The molecule has 0 aliphatic heterocycles. The molecule has 0 bridgehead atoms. The van der Waals surface area contributed by atoms with Crippen LogP contribution in [0.5, 0.6) is 5.75 Å². The summed E-state index contributed by atoms with van der Waals surface area (Å²) in [5.41, 5.74) is 7.98. The van der Waals surface area contributed by atoms with Crippen LogP contribution in [0.15, 0.2) is 18.2 Å². The summed E-state index contributed by atoms with van der Waals surface area (Å²) in [4.78, 5) is 2.26. The van der Waals surface area contributed by atoms with Crippen molar-refractivity contribution < 1.29 is 9.47 Å². The highest BCUT2D eigenvalue weighted by Crippen LogP contribution is 2.21. The van der Waals surface area contributed by atoms with Gasteiger partial charge in [-0.25, -0.2) is 0 Å². The van der Waals surface area contributed by atoms with Crippen molar-refractivity contribution in [3.05, 3.63) is 29.3 Å². The smallest absolute Gasteiger partial charge is 0.123 e. The number of hydrogen-bond acceptors (Lipinski definition) is 4. The Morgan fingerprint density at radius 2 is 2.06 bits per heavy atom. The minimum atomic E-state index is 0.560. The highest BCUT2D eigenvalue weighted by molar-refractivity contribution is 5.37. The molecular formula is C14H24N2O2. The quantitative estimate of drug-likeness (QED) is 0.714. The van der Waals surface area contributed by atoms with E-state index in [0.717, 1.165) is 37.4 Å². The normalized spacial score (nSPS) is 10.9. The molecule has 0 atom stereocenters. The summed E-state index contributed by atoms with van der Waals surface area (Å²) in [6.45, 7) is 3.22. The first kappa shape index (κ1) is 15.0. The van der Waals surface area contributed by atoms with Gasteiger partial charge in [0.05, 0.1) is 7.11 Å². The van der Waals surface area contributed by atoms with Gasteiger partial charge in [0, 0.05) is 38.9 Å². The Morgan fingerprint density at radius 3 is 2.67 bits per heavy atom. The highest BCUT2D eigenvalue weighted by Gasteiger charge is 2.07. The molecule has 0 amide bonds. The largest absolute Gasteiger partial charge is 0.496 e. The van der Waals surface area contributed by atoms with Crippen molar-refractivity contribution in [2.75, 3.05) is 34.4 Å². The summed E-state index contributed by atoms with van der Waals surface area (Å²) in [6, 6.07) is 6.11. The lowest BCUT2D eigenvalue weighted by Gasteiger charge is -2.18. The molecule has 0 aromatic heterocycles. The molecule has 1 aromatic rings. The van der Waals surface area contributed by atoms with Gasteiger partial charge in [0.2, 0.25) is 0 Å². The van der Waals surface area contributed by atoms with E-state index >= 15 is 0 Å². The monoisotopic (exact) mass is 252 g/mol. The third kappa shape index (κ3) is 4.64. The van der Waals surface area contributed by atoms with Gasteiger partial charge in [-0.05, 0) is 31.2 Å². The van der Waals surface area contributed by atoms with Gasteiger partial charge in [0.15, 0.2) is 0 Å². The minimum absolute atomic E-state index is 0.560. The van der Waals surface area contributed by atoms with Crippen LogP contribution in [0.3, 0.4) is 0 Å². The molecule has 102 valence electrons. The van der Waals surface area contributed by atoms with Crippen LogP contribution in [0.2, 0.25) is 0 Å². The first-order chi connectivity index (χ1) is 8.71. The van der Waals surface area contributed by atoms with Crippen molar-refractivity contribution in [1.82, 2.24) is 4.90 Å². The number of benzene rings is 1. The number of methoxy groups -OCH3 is 2. The van der Waals surface area contributed by atoms with E-state index < -0.39 is 0 Å². The van der Waals surface area contributed by atoms with Crippen molar-refractivity contribution in [2.45, 2.75) is 19.5 Å². The van der Waals surface area contributed by atoms with Crippen molar-refractivity contribution in [2.24, 2.45) is 5.73 Å². The van der Waals surface area contributed by atoms with Crippen LogP contribution < -0.4 is 10.5 Å². The van der Waals surface area contributed by atoms with Gasteiger partial charge in [0.25, 0.3) is 0 Å². The lowest BCUT2D eigenvalue weighted by atomic mass is 10.1. The SMILES string of the molecule is COCCCN(C)Cc1cc(CN)ccc1OC. The molecule has 0 aliphatic carbocycles. The third-order valence-corrected chi connectivity index (χ3v) is 2.91. The summed E-state index contributed by atoms with van der Waals surface area (Å²) in [5, 5.41) is 0. The standard InChI is InChI=1S/C14H24N2O2/c1-16(7-4-8-17-2)11-13-9-12(10-15)5-6-14(13)18-3/h5-6,9H,4,7-8,10-11,15H2,1-3H3. The van der Waals surface area contributed by atoms with Crippen LogP contribution in [-0.4, -0.2) is 39.3 Å². The first-order valence-electron chi connectivity index (χ1n) is 6.24. The van der Waals surface area contributed by atoms with Crippen LogP contribution >= 0.6 is 0 Å². The van der Waals surface area contributed by atoms with Gasteiger partial charge in [-0.3, -0.25) is 0 Å². The van der Waals surface area contributed by atoms with Gasteiger partial charge < -0.3 is 20.1 Å². The summed E-state index contributed by atoms with van der Waals surface area (Å²) >= 11 is 0. The second-order valence-electron chi connectivity index (χ2n) is 4.43. The Bertz CT molecular complexity index is 356. The molecule has 0 unspecified atom stereocenters. The molecule has 2 N–H and O–H groups in total. The van der Waals surface area contributed by atoms with Gasteiger partial charge in [-0.2, -0.15) is 0 Å². The molecule has 0 saturated heterocycles. The van der Waals surface area contributed by atoms with Crippen LogP contribution in [0, 0.1) is 0 Å². The molecule has 18 heavy (non-hydrogen) atoms. The van der Waals surface area contributed by atoms with E-state index in [1.165, 1.54) is 5.56 Å². The topological polar surface area (TPSA) is 47.7 Å². The van der Waals surface area contributed by atoms with Gasteiger partial charge in [0.1, 0.15) is 5.75 Å². The molecule has 0 spiro atoms. The fraction of sp³-hybridized carbons (Fsp3) is 0.571. The molecule has 0 saturated carbocycles. The van der Waals surface area contributed by atoms with Crippen molar-refractivity contribution in [1.29, 1.82) is 0 Å². The number of nitrogens with two attached hydrogens (primary N) is 1. The fourth-order valence-electron chi connectivity index (χ4n) is 1.93. The Labute approximate surface area is 110 Å². The average Bonchev–Trinajstić information content (AvgIpc) is 2.39. The zero-order valence-electron chi connectivity index (χ0n) is 11.6. The minimum Gasteiger partial charge on any atom is -0.496 e. The average molecular weight is 252 g/mol. The summed E-state index contributed by atoms with van der Waals surface area (Å²) in [6.07, 6.45) is 1.03. The van der Waals surface area contributed by atoms with Crippen LogP contribution in [0.25, 0.3) is 0 Å². The van der Waals surface area contributed by atoms with E-state index in [1.54, 1.807) is 14.2 Å². The van der Waals surface area contributed by atoms with E-state index in [1.807, 2.05) is 12.1 Å². The predicted octanol–water partition coefficient (Wildman–Crippen LogP) is 1.62. The van der Waals surface area contributed by atoms with E-state index in [0.29, 0.717) is 6.54 Å². The molecule has 1 aromatic carbocycles. The van der Waals surface area contributed by atoms with Crippen molar-refractivity contribution in [3.63, 3.8) is 0 Å². The number of ether oxygens (including phenoxy) is 2. The Balaban J connectivity index is 2.63. The molecule has 4 nitrogen and oxygen atoms in total. The molecule has 0 aliphatic rings. The molecular weight excluding hydrogens is 228 g/mol. The molecule has 0 heterocycles. The van der Waals surface area contributed by atoms with Crippen molar-refractivity contribution in [3.8, 4) is 5.75 Å². The van der Waals surface area contributed by atoms with Crippen LogP contribution in [0.4, 0.5) is 0 Å². The zero-order valence-corrected chi connectivity index (χ0v) is 11.6. The second kappa shape index (κ2) is 8.08. The third-order valence-electron chi connectivity index (χ3n) is 2.91. The van der Waals surface area contributed by atoms with E-state index in [4.69, 9.17) is 15.2 Å². The zero-order chi connectivity index (χ0) is 13.4. The summed E-state index contributed by atoms with van der Waals surface area (Å²) in [7, 11) is 5.53. The lowest BCUT2D eigenvalue weighted by molar-refractivity contribution is 0.178. The van der Waals surface area contributed by atoms with Gasteiger partial charge >= 0.3 is 0 Å². The van der Waals surface area contributed by atoms with E-state index in [9.17, 15) is 0 Å². The molecule has 4 heteroatoms. The van der Waals surface area contributed by atoms with Gasteiger partial charge in [-0.15, -0.1) is 0 Å². The summed E-state index contributed by atoms with van der Waals surface area (Å²) < 4.78 is 10.4. The maximum absolute atomic E-state index is 5.67. The first-order valence-corrected chi connectivity index (χ1v) is 6.24. The maximum atomic E-state index is 5.67. The number of rotatable bonds is 8. The van der Waals surface area contributed by atoms with Crippen LogP contribution in [-0.2, 0) is 17.8 Å². The van der Waals surface area contributed by atoms with E-state index in [2.05, 4.69) is 18.0 Å². The Hall–Kier alpha value is -1.10. The Morgan fingerprint density at radius 1 is 1.28 bits per heavy atom. The Kier molecular flexibility index (Phi) is 6.72. The van der Waals surface area contributed by atoms with Gasteiger partial charge in [-0.1, -0.05) is 6.07 Å². The number of hydrogen-bond donors (Lipinski definition) is 1. The molecule has 1 rings (SSSR count). The highest BCUT2D eigenvalue weighted by atomic mass is 16.5. The maximum Gasteiger partial charge on any atom is 0.123 e. The molecule has 0 radical (unpaired) electrons. The fourth-order valence-corrected chi connectivity index (χ4v) is 1.93. The van der Waals surface area contributed by atoms with Crippen LogP contribution in [0.1, 0.15) is 17.5 Å². The number of nitrogens with zero attached hydrogens (tertiary/aromatic N) is 1. The second-order valence-corrected chi connectivity index (χ2v) is 4.43.